The Labute approximate surface area is 81.4 Å². The molecule has 0 aromatic heterocycles. The number of nitrogens with zero attached hydrogens (tertiary/aromatic N) is 1. The first-order chi connectivity index (χ1) is 6.05. The van der Waals surface area contributed by atoms with Gasteiger partial charge in [-0.2, -0.15) is 0 Å². The predicted octanol–water partition coefficient (Wildman–Crippen LogP) is 0.705. The van der Waals surface area contributed by atoms with Gasteiger partial charge in [-0.05, 0) is 27.3 Å². The lowest BCUT2D eigenvalue weighted by molar-refractivity contribution is 0.141. The van der Waals surface area contributed by atoms with Gasteiger partial charge in [0.2, 0.25) is 0 Å². The second-order valence-electron chi connectivity index (χ2n) is 4.60. The van der Waals surface area contributed by atoms with E-state index in [-0.39, 0.29) is 0 Å². The highest BCUT2D eigenvalue weighted by Gasteiger charge is 2.31. The Bertz CT molecular complexity index is 159. The van der Waals surface area contributed by atoms with E-state index in [1.165, 1.54) is 6.42 Å². The van der Waals surface area contributed by atoms with Gasteiger partial charge in [-0.15, -0.1) is 0 Å². The second kappa shape index (κ2) is 4.40. The lowest BCUT2D eigenvalue weighted by atomic mass is 10.0. The van der Waals surface area contributed by atoms with Crippen LogP contribution in [-0.4, -0.2) is 50.3 Å². The predicted molar refractivity (Wildman–Crippen MR) is 55.0 cm³/mol. The molecule has 0 aromatic carbocycles. The molecule has 0 amide bonds. The molecule has 1 atom stereocenters. The van der Waals surface area contributed by atoms with Gasteiger partial charge in [0.25, 0.3) is 0 Å². The molecule has 1 rings (SSSR count). The van der Waals surface area contributed by atoms with Crippen LogP contribution in [0.3, 0.4) is 0 Å². The molecule has 1 fully saturated rings. The quantitative estimate of drug-likeness (QED) is 0.699. The van der Waals surface area contributed by atoms with Gasteiger partial charge >= 0.3 is 0 Å². The largest absolute Gasteiger partial charge is 0.383 e. The number of rotatable bonds is 4. The summed E-state index contributed by atoms with van der Waals surface area (Å²) in [6, 6.07) is 0.671. The van der Waals surface area contributed by atoms with Crippen molar-refractivity contribution in [2.45, 2.75) is 31.8 Å². The molecular weight excluding hydrogens is 164 g/mol. The molecule has 1 aliphatic heterocycles. The number of hydrogen-bond donors (Lipinski definition) is 1. The summed E-state index contributed by atoms with van der Waals surface area (Å²) in [6.45, 7) is 7.48. The Morgan fingerprint density at radius 2 is 2.23 bits per heavy atom. The van der Waals surface area contributed by atoms with Crippen LogP contribution in [0.5, 0.6) is 0 Å². The summed E-state index contributed by atoms with van der Waals surface area (Å²) in [7, 11) is 3.93. The van der Waals surface area contributed by atoms with Gasteiger partial charge in [0, 0.05) is 31.8 Å². The third-order valence-corrected chi connectivity index (χ3v) is 2.83. The van der Waals surface area contributed by atoms with Gasteiger partial charge in [-0.1, -0.05) is 0 Å². The zero-order valence-corrected chi connectivity index (χ0v) is 9.26. The molecule has 0 saturated carbocycles. The van der Waals surface area contributed by atoms with E-state index in [0.29, 0.717) is 11.6 Å². The fraction of sp³-hybridized carbons (Fsp3) is 1.00. The molecule has 0 radical (unpaired) electrons. The van der Waals surface area contributed by atoms with Crippen molar-refractivity contribution in [1.82, 2.24) is 10.2 Å². The van der Waals surface area contributed by atoms with Gasteiger partial charge < -0.3 is 10.1 Å². The Kier molecular flexibility index (Phi) is 3.71. The molecule has 3 nitrogen and oxygen atoms in total. The van der Waals surface area contributed by atoms with Crippen LogP contribution in [0.15, 0.2) is 0 Å². The molecular formula is C10H22N2O. The summed E-state index contributed by atoms with van der Waals surface area (Å²) in [6.07, 6.45) is 1.23. The highest BCUT2D eigenvalue weighted by Crippen LogP contribution is 2.20. The summed E-state index contributed by atoms with van der Waals surface area (Å²) >= 11 is 0. The lowest BCUT2D eigenvalue weighted by Crippen LogP contribution is -2.35. The fourth-order valence-corrected chi connectivity index (χ4v) is 1.86. The van der Waals surface area contributed by atoms with Crippen LogP contribution in [0.2, 0.25) is 0 Å². The molecule has 0 aliphatic carbocycles. The molecule has 3 heteroatoms. The van der Waals surface area contributed by atoms with Crippen LogP contribution in [0.1, 0.15) is 20.3 Å². The summed E-state index contributed by atoms with van der Waals surface area (Å²) in [5.74, 6) is 0. The van der Waals surface area contributed by atoms with Crippen LogP contribution >= 0.6 is 0 Å². The Balaban J connectivity index is 2.29. The molecule has 0 spiro atoms. The van der Waals surface area contributed by atoms with Crippen molar-refractivity contribution in [2.75, 3.05) is 33.9 Å². The maximum absolute atomic E-state index is 5.06. The second-order valence-corrected chi connectivity index (χ2v) is 4.60. The van der Waals surface area contributed by atoms with Crippen molar-refractivity contribution >= 4 is 0 Å². The zero-order chi connectivity index (χ0) is 9.90. The van der Waals surface area contributed by atoms with Gasteiger partial charge in [-0.3, -0.25) is 4.90 Å². The molecule has 1 heterocycles. The van der Waals surface area contributed by atoms with Gasteiger partial charge in [0.15, 0.2) is 0 Å². The van der Waals surface area contributed by atoms with E-state index in [4.69, 9.17) is 4.74 Å². The Hall–Kier alpha value is -0.120. The van der Waals surface area contributed by atoms with Crippen LogP contribution in [-0.2, 0) is 4.74 Å². The van der Waals surface area contributed by atoms with Gasteiger partial charge in [0.1, 0.15) is 0 Å². The Morgan fingerprint density at radius 3 is 2.69 bits per heavy atom. The first-order valence-corrected chi connectivity index (χ1v) is 4.99. The lowest BCUT2D eigenvalue weighted by Gasteiger charge is -2.24. The third-order valence-electron chi connectivity index (χ3n) is 2.83. The first-order valence-electron chi connectivity index (χ1n) is 4.99. The molecule has 1 aliphatic rings. The maximum atomic E-state index is 5.06. The number of methoxy groups -OCH3 is 1. The molecule has 0 bridgehead atoms. The highest BCUT2D eigenvalue weighted by molar-refractivity contribution is 4.93. The zero-order valence-electron chi connectivity index (χ0n) is 9.26. The molecule has 78 valence electrons. The maximum Gasteiger partial charge on any atom is 0.0589 e. The van der Waals surface area contributed by atoms with Gasteiger partial charge in [0.05, 0.1) is 6.61 Å². The van der Waals surface area contributed by atoms with E-state index in [1.54, 1.807) is 7.11 Å². The summed E-state index contributed by atoms with van der Waals surface area (Å²) < 4.78 is 5.06. The van der Waals surface area contributed by atoms with Crippen molar-refractivity contribution in [2.24, 2.45) is 0 Å². The topological polar surface area (TPSA) is 24.5 Å². The average molecular weight is 186 g/mol. The minimum absolute atomic E-state index is 0.312. The summed E-state index contributed by atoms with van der Waals surface area (Å²) in [4.78, 5) is 2.38. The van der Waals surface area contributed by atoms with Crippen LogP contribution in [0.4, 0.5) is 0 Å². The number of nitrogens with one attached hydrogen (secondary N) is 1. The monoisotopic (exact) mass is 186 g/mol. The van der Waals surface area contributed by atoms with E-state index in [1.807, 2.05) is 0 Å². The van der Waals surface area contributed by atoms with Crippen LogP contribution in [0.25, 0.3) is 0 Å². The average Bonchev–Trinajstić information content (AvgIpc) is 2.42. The molecule has 1 saturated heterocycles. The highest BCUT2D eigenvalue weighted by atomic mass is 16.5. The normalized spacial score (nSPS) is 27.0. The molecule has 13 heavy (non-hydrogen) atoms. The van der Waals surface area contributed by atoms with E-state index in [0.717, 1.165) is 19.7 Å². The number of ether oxygens (including phenoxy) is 1. The molecule has 0 aromatic rings. The SMILES string of the molecule is COCCN(C)C1CNC(C)(C)C1. The number of hydrogen-bond acceptors (Lipinski definition) is 3. The Morgan fingerprint density at radius 1 is 1.54 bits per heavy atom. The van der Waals surface area contributed by atoms with Crippen molar-refractivity contribution < 1.29 is 4.74 Å². The van der Waals surface area contributed by atoms with E-state index < -0.39 is 0 Å². The minimum atomic E-state index is 0.312. The van der Waals surface area contributed by atoms with Crippen molar-refractivity contribution in [1.29, 1.82) is 0 Å². The van der Waals surface area contributed by atoms with Crippen molar-refractivity contribution in [3.8, 4) is 0 Å². The minimum Gasteiger partial charge on any atom is -0.383 e. The third kappa shape index (κ3) is 3.25. The molecule has 1 N–H and O–H groups in total. The van der Waals surface area contributed by atoms with Crippen molar-refractivity contribution in [3.05, 3.63) is 0 Å². The first kappa shape index (κ1) is 11.0. The molecule has 1 unspecified atom stereocenters. The smallest absolute Gasteiger partial charge is 0.0589 e. The van der Waals surface area contributed by atoms with E-state index in [9.17, 15) is 0 Å². The summed E-state index contributed by atoms with van der Waals surface area (Å²) in [5.41, 5.74) is 0.312. The van der Waals surface area contributed by atoms with Crippen LogP contribution < -0.4 is 5.32 Å². The van der Waals surface area contributed by atoms with Crippen LogP contribution in [0, 0.1) is 0 Å². The van der Waals surface area contributed by atoms with Crippen molar-refractivity contribution in [3.63, 3.8) is 0 Å². The fourth-order valence-electron chi connectivity index (χ4n) is 1.86. The van der Waals surface area contributed by atoms with Gasteiger partial charge in [-0.25, -0.2) is 0 Å². The standard InChI is InChI=1S/C10H22N2O/c1-10(2)7-9(8-11-10)12(3)5-6-13-4/h9,11H,5-8H2,1-4H3. The van der Waals surface area contributed by atoms with E-state index in [2.05, 4.69) is 31.1 Å². The van der Waals surface area contributed by atoms with E-state index >= 15 is 0 Å². The number of likely N-dealkylation sites (N-methyl/N-ethyl adjacent to an activating group) is 1. The summed E-state index contributed by atoms with van der Waals surface area (Å²) in [5, 5.41) is 3.52.